The molecule has 2 heterocycles. The Kier molecular flexibility index (Phi) is 9.55. The van der Waals surface area contributed by atoms with E-state index in [1.165, 1.54) is 18.6 Å². The van der Waals surface area contributed by atoms with Crippen molar-refractivity contribution in [3.05, 3.63) is 35.6 Å². The molecule has 7 nitrogen and oxygen atoms in total. The number of carbonyl (C=O) groups is 3. The highest BCUT2D eigenvalue weighted by molar-refractivity contribution is 5.90. The first-order valence-corrected chi connectivity index (χ1v) is 16.8. The van der Waals surface area contributed by atoms with Crippen molar-refractivity contribution in [1.82, 2.24) is 20.4 Å². The van der Waals surface area contributed by atoms with Crippen molar-refractivity contribution < 1.29 is 18.8 Å². The van der Waals surface area contributed by atoms with Crippen LogP contribution < -0.4 is 10.6 Å². The summed E-state index contributed by atoms with van der Waals surface area (Å²) >= 11 is 0. The quantitative estimate of drug-likeness (QED) is 0.439. The van der Waals surface area contributed by atoms with Gasteiger partial charge in [-0.1, -0.05) is 31.4 Å². The molecule has 0 radical (unpaired) electrons. The predicted molar refractivity (Wildman–Crippen MR) is 167 cm³/mol. The van der Waals surface area contributed by atoms with Crippen molar-refractivity contribution in [1.29, 1.82) is 0 Å². The third kappa shape index (κ3) is 7.10. The number of hydrogen-bond acceptors (Lipinski definition) is 4. The molecule has 2 bridgehead atoms. The molecule has 2 N–H and O–H groups in total. The van der Waals surface area contributed by atoms with Gasteiger partial charge in [-0.25, -0.2) is 4.39 Å². The van der Waals surface area contributed by atoms with E-state index in [9.17, 15) is 18.8 Å². The summed E-state index contributed by atoms with van der Waals surface area (Å²) in [6.07, 6.45) is 9.15. The van der Waals surface area contributed by atoms with Gasteiger partial charge in [-0.3, -0.25) is 19.3 Å². The Balaban J connectivity index is 1.32. The highest BCUT2D eigenvalue weighted by Gasteiger charge is 2.51. The Hall–Kier alpha value is -2.48. The number of piperidine rings is 2. The van der Waals surface area contributed by atoms with Gasteiger partial charge in [0.25, 0.3) is 0 Å². The SMILES string of the molecule is CC(C)N1CC2CC(C(=O)NC(Cc3ccc(F)cc3)C(=O)N3CCC(C(=O)NC(C)(C)C)(C4CCCCC4)CC3)C1C2. The predicted octanol–water partition coefficient (Wildman–Crippen LogP) is 5.08. The van der Waals surface area contributed by atoms with Crippen molar-refractivity contribution in [3.63, 3.8) is 0 Å². The van der Waals surface area contributed by atoms with Gasteiger partial charge in [0.2, 0.25) is 17.7 Å². The van der Waals surface area contributed by atoms with E-state index in [0.29, 0.717) is 50.2 Å². The molecule has 1 aromatic carbocycles. The largest absolute Gasteiger partial charge is 0.351 e. The molecule has 0 aromatic heterocycles. The molecule has 0 spiro atoms. The van der Waals surface area contributed by atoms with Crippen molar-refractivity contribution >= 4 is 17.7 Å². The van der Waals surface area contributed by atoms with Gasteiger partial charge in [-0.2, -0.15) is 0 Å². The van der Waals surface area contributed by atoms with Crippen molar-refractivity contribution in [2.75, 3.05) is 19.6 Å². The smallest absolute Gasteiger partial charge is 0.245 e. The fourth-order valence-electron chi connectivity index (χ4n) is 8.57. The fraction of sp³-hybridized carbons (Fsp3) is 0.743. The second kappa shape index (κ2) is 12.9. The minimum atomic E-state index is -0.727. The van der Waals surface area contributed by atoms with Crippen LogP contribution in [-0.4, -0.2) is 70.8 Å². The van der Waals surface area contributed by atoms with Crippen molar-refractivity contribution in [2.45, 2.75) is 122 Å². The van der Waals surface area contributed by atoms with Crippen LogP contribution in [0.5, 0.6) is 0 Å². The minimum absolute atomic E-state index is 0.0450. The van der Waals surface area contributed by atoms with E-state index in [1.807, 2.05) is 25.7 Å². The van der Waals surface area contributed by atoms with Gasteiger partial charge >= 0.3 is 0 Å². The highest BCUT2D eigenvalue weighted by Crippen LogP contribution is 2.47. The maximum absolute atomic E-state index is 14.2. The van der Waals surface area contributed by atoms with E-state index in [1.54, 1.807) is 12.1 Å². The zero-order chi connectivity index (χ0) is 30.9. The summed E-state index contributed by atoms with van der Waals surface area (Å²) in [5, 5.41) is 6.45. The molecule has 8 heteroatoms. The Morgan fingerprint density at radius 1 is 1.00 bits per heavy atom. The number of hydrogen-bond donors (Lipinski definition) is 2. The normalized spacial score (nSPS) is 26.9. The van der Waals surface area contributed by atoms with E-state index in [2.05, 4.69) is 29.4 Å². The first kappa shape index (κ1) is 31.9. The summed E-state index contributed by atoms with van der Waals surface area (Å²) in [6.45, 7) is 12.5. The molecule has 4 fully saturated rings. The van der Waals surface area contributed by atoms with E-state index >= 15 is 0 Å². The molecule has 2 saturated carbocycles. The van der Waals surface area contributed by atoms with Crippen LogP contribution in [0.15, 0.2) is 24.3 Å². The molecule has 4 aliphatic rings. The number of amides is 3. The molecule has 3 amide bonds. The molecule has 4 atom stereocenters. The lowest BCUT2D eigenvalue weighted by atomic mass is 9.63. The summed E-state index contributed by atoms with van der Waals surface area (Å²) in [5.74, 6) is 0.398. The number of fused-ring (bicyclic) bond motifs is 2. The number of rotatable bonds is 8. The van der Waals surface area contributed by atoms with Crippen molar-refractivity contribution in [3.8, 4) is 0 Å². The zero-order valence-corrected chi connectivity index (χ0v) is 27.0. The minimum Gasteiger partial charge on any atom is -0.351 e. The van der Waals surface area contributed by atoms with Crippen LogP contribution in [0.4, 0.5) is 4.39 Å². The molecule has 2 aliphatic carbocycles. The van der Waals surface area contributed by atoms with Crippen molar-refractivity contribution in [2.24, 2.45) is 23.2 Å². The molecular weight excluding hydrogens is 543 g/mol. The second-order valence-electron chi connectivity index (χ2n) is 15.2. The maximum Gasteiger partial charge on any atom is 0.245 e. The van der Waals surface area contributed by atoms with Crippen LogP contribution in [0.2, 0.25) is 0 Å². The van der Waals surface area contributed by atoms with Crippen LogP contribution in [0, 0.1) is 29.0 Å². The van der Waals surface area contributed by atoms with Crippen LogP contribution in [-0.2, 0) is 20.8 Å². The lowest BCUT2D eigenvalue weighted by molar-refractivity contribution is -0.147. The Labute approximate surface area is 257 Å². The summed E-state index contributed by atoms with van der Waals surface area (Å²) in [4.78, 5) is 46.1. The van der Waals surface area contributed by atoms with Gasteiger partial charge in [0.05, 0.1) is 11.3 Å². The first-order valence-electron chi connectivity index (χ1n) is 16.8. The molecule has 1 aromatic rings. The van der Waals surface area contributed by atoms with Gasteiger partial charge in [0.1, 0.15) is 11.9 Å². The number of nitrogens with zero attached hydrogens (tertiary/aromatic N) is 2. The van der Waals surface area contributed by atoms with E-state index in [0.717, 1.165) is 50.6 Å². The van der Waals surface area contributed by atoms with Gasteiger partial charge in [0.15, 0.2) is 0 Å². The zero-order valence-electron chi connectivity index (χ0n) is 27.0. The highest BCUT2D eigenvalue weighted by atomic mass is 19.1. The maximum atomic E-state index is 14.2. The summed E-state index contributed by atoms with van der Waals surface area (Å²) in [7, 11) is 0. The third-order valence-corrected chi connectivity index (χ3v) is 10.8. The number of halogens is 1. The number of carbonyl (C=O) groups excluding carboxylic acids is 3. The topological polar surface area (TPSA) is 81.8 Å². The third-order valence-electron chi connectivity index (χ3n) is 10.8. The van der Waals surface area contributed by atoms with E-state index in [4.69, 9.17) is 0 Å². The van der Waals surface area contributed by atoms with Crippen LogP contribution in [0.1, 0.15) is 98.0 Å². The summed E-state index contributed by atoms with van der Waals surface area (Å²) in [6, 6.07) is 6.08. The lowest BCUT2D eigenvalue weighted by Crippen LogP contribution is -2.59. The average molecular weight is 597 g/mol. The van der Waals surface area contributed by atoms with Gasteiger partial charge in [0, 0.05) is 43.7 Å². The number of benzene rings is 1. The van der Waals surface area contributed by atoms with Crippen LogP contribution in [0.3, 0.4) is 0 Å². The standard InChI is InChI=1S/C35H53FN4O3/c1-23(2)40-22-25-19-28(30(40)21-25)31(41)37-29(20-24-11-13-27(36)14-12-24)32(42)39-17-15-35(16-18-39,26-9-7-6-8-10-26)33(43)38-34(3,4)5/h11-14,23,25-26,28-30H,6-10,15-22H2,1-5H3,(H,37,41)(H,38,43). The molecule has 2 aliphatic heterocycles. The van der Waals surface area contributed by atoms with Gasteiger partial charge < -0.3 is 15.5 Å². The monoisotopic (exact) mass is 596 g/mol. The molecule has 4 unspecified atom stereocenters. The molecule has 43 heavy (non-hydrogen) atoms. The number of nitrogens with one attached hydrogen (secondary N) is 2. The Morgan fingerprint density at radius 2 is 1.65 bits per heavy atom. The van der Waals surface area contributed by atoms with Gasteiger partial charge in [-0.05, 0) is 103 Å². The first-order chi connectivity index (χ1) is 20.4. The van der Waals surface area contributed by atoms with Crippen LogP contribution >= 0.6 is 0 Å². The molecule has 2 saturated heterocycles. The lowest BCUT2D eigenvalue weighted by Gasteiger charge is -2.48. The summed E-state index contributed by atoms with van der Waals surface area (Å²) in [5.41, 5.74) is 0.0277. The molecule has 5 rings (SSSR count). The van der Waals surface area contributed by atoms with Gasteiger partial charge in [-0.15, -0.1) is 0 Å². The fourth-order valence-corrected chi connectivity index (χ4v) is 8.57. The summed E-state index contributed by atoms with van der Waals surface area (Å²) < 4.78 is 13.7. The van der Waals surface area contributed by atoms with Crippen LogP contribution in [0.25, 0.3) is 0 Å². The second-order valence-corrected chi connectivity index (χ2v) is 15.2. The molecular formula is C35H53FN4O3. The number of likely N-dealkylation sites (tertiary alicyclic amines) is 2. The Morgan fingerprint density at radius 3 is 2.23 bits per heavy atom. The van der Waals surface area contributed by atoms with E-state index in [-0.39, 0.29) is 41.0 Å². The average Bonchev–Trinajstić information content (AvgIpc) is 3.59. The van der Waals surface area contributed by atoms with E-state index < -0.39 is 11.5 Å². The molecule has 238 valence electrons. The Bertz CT molecular complexity index is 1150.